The highest BCUT2D eigenvalue weighted by Crippen LogP contribution is 2.26. The molecule has 1 aliphatic carbocycles. The molecule has 2 heteroatoms. The molecule has 0 bridgehead atoms. The molecule has 2 aliphatic rings. The summed E-state index contributed by atoms with van der Waals surface area (Å²) in [6.07, 6.45) is 9.90. The van der Waals surface area contributed by atoms with Gasteiger partial charge >= 0.3 is 0 Å². The van der Waals surface area contributed by atoms with E-state index in [1.807, 2.05) is 0 Å². The van der Waals surface area contributed by atoms with Crippen molar-refractivity contribution in [3.63, 3.8) is 0 Å². The standard InChI is InChI=1S/C15H29NO/c1-12(14-7-5-3-4-6-8-14)16-13(2)15-9-10-17-11-15/h12-16H,3-11H2,1-2H3/t12-,13?,15?/m0/s1. The first kappa shape index (κ1) is 13.4. The Labute approximate surface area is 107 Å². The summed E-state index contributed by atoms with van der Waals surface area (Å²) in [4.78, 5) is 0. The molecule has 1 heterocycles. The molecule has 3 atom stereocenters. The van der Waals surface area contributed by atoms with Crippen LogP contribution in [0.25, 0.3) is 0 Å². The van der Waals surface area contributed by atoms with Gasteiger partial charge in [0.05, 0.1) is 6.61 Å². The van der Waals surface area contributed by atoms with Gasteiger partial charge in [-0.25, -0.2) is 0 Å². The van der Waals surface area contributed by atoms with E-state index in [4.69, 9.17) is 4.74 Å². The third-order valence-electron chi connectivity index (χ3n) is 4.80. The number of rotatable bonds is 4. The van der Waals surface area contributed by atoms with Crippen molar-refractivity contribution >= 4 is 0 Å². The maximum atomic E-state index is 5.49. The molecule has 0 aromatic carbocycles. The summed E-state index contributed by atoms with van der Waals surface area (Å²) in [5.41, 5.74) is 0. The van der Waals surface area contributed by atoms with Crippen LogP contribution in [0.3, 0.4) is 0 Å². The predicted molar refractivity (Wildman–Crippen MR) is 72.2 cm³/mol. The van der Waals surface area contributed by atoms with Gasteiger partial charge in [-0.1, -0.05) is 25.7 Å². The SMILES string of the molecule is CC(N[C@@H](C)C1CCCCCC1)C1CCOC1. The summed E-state index contributed by atoms with van der Waals surface area (Å²) in [6, 6.07) is 1.31. The summed E-state index contributed by atoms with van der Waals surface area (Å²) in [7, 11) is 0. The summed E-state index contributed by atoms with van der Waals surface area (Å²) in [5, 5.41) is 3.84. The van der Waals surface area contributed by atoms with Gasteiger partial charge in [0.15, 0.2) is 0 Å². The fourth-order valence-electron chi connectivity index (χ4n) is 3.44. The third-order valence-corrected chi connectivity index (χ3v) is 4.80. The third kappa shape index (κ3) is 3.96. The molecule has 2 unspecified atom stereocenters. The first-order chi connectivity index (χ1) is 8.27. The highest BCUT2D eigenvalue weighted by molar-refractivity contribution is 4.82. The summed E-state index contributed by atoms with van der Waals surface area (Å²) in [5.74, 6) is 1.64. The van der Waals surface area contributed by atoms with Crippen molar-refractivity contribution in [3.05, 3.63) is 0 Å². The second-order valence-electron chi connectivity index (χ2n) is 6.12. The van der Waals surface area contributed by atoms with Crippen molar-refractivity contribution in [2.75, 3.05) is 13.2 Å². The number of hydrogen-bond acceptors (Lipinski definition) is 2. The molecule has 100 valence electrons. The molecule has 1 aliphatic heterocycles. The van der Waals surface area contributed by atoms with Gasteiger partial charge < -0.3 is 10.1 Å². The molecule has 0 radical (unpaired) electrons. The van der Waals surface area contributed by atoms with Gasteiger partial charge in [-0.05, 0) is 44.9 Å². The van der Waals surface area contributed by atoms with E-state index in [0.29, 0.717) is 12.1 Å². The maximum absolute atomic E-state index is 5.49. The van der Waals surface area contributed by atoms with Crippen molar-refractivity contribution < 1.29 is 4.74 Å². The molecule has 2 nitrogen and oxygen atoms in total. The van der Waals surface area contributed by atoms with E-state index in [1.165, 1.54) is 44.9 Å². The van der Waals surface area contributed by atoms with Crippen LogP contribution in [-0.2, 0) is 4.74 Å². The van der Waals surface area contributed by atoms with Crippen LogP contribution in [0.2, 0.25) is 0 Å². The number of ether oxygens (including phenoxy) is 1. The van der Waals surface area contributed by atoms with E-state index in [9.17, 15) is 0 Å². The summed E-state index contributed by atoms with van der Waals surface area (Å²) < 4.78 is 5.49. The average Bonchev–Trinajstić information content (AvgIpc) is 2.71. The minimum atomic E-state index is 0.621. The van der Waals surface area contributed by atoms with Crippen LogP contribution in [0.4, 0.5) is 0 Å². The molecule has 1 saturated carbocycles. The van der Waals surface area contributed by atoms with Crippen LogP contribution in [0.15, 0.2) is 0 Å². The van der Waals surface area contributed by atoms with Crippen molar-refractivity contribution in [3.8, 4) is 0 Å². The smallest absolute Gasteiger partial charge is 0.0509 e. The number of nitrogens with one attached hydrogen (secondary N) is 1. The Morgan fingerprint density at radius 1 is 0.882 bits per heavy atom. The predicted octanol–water partition coefficient (Wildman–Crippen LogP) is 3.36. The Kier molecular flexibility index (Phi) is 5.30. The minimum Gasteiger partial charge on any atom is -0.381 e. The zero-order chi connectivity index (χ0) is 12.1. The van der Waals surface area contributed by atoms with E-state index in [1.54, 1.807) is 0 Å². The summed E-state index contributed by atoms with van der Waals surface area (Å²) >= 11 is 0. The molecule has 17 heavy (non-hydrogen) atoms. The van der Waals surface area contributed by atoms with E-state index in [0.717, 1.165) is 25.0 Å². The Morgan fingerprint density at radius 3 is 2.12 bits per heavy atom. The molecular weight excluding hydrogens is 210 g/mol. The molecule has 0 spiro atoms. The topological polar surface area (TPSA) is 21.3 Å². The normalized spacial score (nSPS) is 31.1. The highest BCUT2D eigenvalue weighted by atomic mass is 16.5. The van der Waals surface area contributed by atoms with Gasteiger partial charge in [0.1, 0.15) is 0 Å². The maximum Gasteiger partial charge on any atom is 0.0509 e. The highest BCUT2D eigenvalue weighted by Gasteiger charge is 2.26. The van der Waals surface area contributed by atoms with Gasteiger partial charge in [0, 0.05) is 18.7 Å². The van der Waals surface area contributed by atoms with Crippen molar-refractivity contribution in [2.24, 2.45) is 11.8 Å². The molecule has 0 aromatic heterocycles. The van der Waals surface area contributed by atoms with Crippen LogP contribution in [0, 0.1) is 11.8 Å². The second-order valence-corrected chi connectivity index (χ2v) is 6.12. The fourth-order valence-corrected chi connectivity index (χ4v) is 3.44. The van der Waals surface area contributed by atoms with Crippen molar-refractivity contribution in [2.45, 2.75) is 70.9 Å². The minimum absolute atomic E-state index is 0.621. The van der Waals surface area contributed by atoms with Gasteiger partial charge in [0.2, 0.25) is 0 Å². The van der Waals surface area contributed by atoms with Gasteiger partial charge in [-0.15, -0.1) is 0 Å². The molecule has 1 saturated heterocycles. The largest absolute Gasteiger partial charge is 0.381 e. The van der Waals surface area contributed by atoms with Crippen molar-refractivity contribution in [1.82, 2.24) is 5.32 Å². The monoisotopic (exact) mass is 239 g/mol. The number of hydrogen-bond donors (Lipinski definition) is 1. The molecule has 2 rings (SSSR count). The Bertz CT molecular complexity index is 205. The van der Waals surface area contributed by atoms with E-state index >= 15 is 0 Å². The lowest BCUT2D eigenvalue weighted by Crippen LogP contribution is -2.43. The van der Waals surface area contributed by atoms with Gasteiger partial charge in [0.25, 0.3) is 0 Å². The fraction of sp³-hybridized carbons (Fsp3) is 1.00. The Hall–Kier alpha value is -0.0800. The molecule has 1 N–H and O–H groups in total. The van der Waals surface area contributed by atoms with Crippen LogP contribution in [0.1, 0.15) is 58.8 Å². The lowest BCUT2D eigenvalue weighted by atomic mass is 9.91. The quantitative estimate of drug-likeness (QED) is 0.760. The second kappa shape index (κ2) is 6.75. The Balaban J connectivity index is 1.76. The van der Waals surface area contributed by atoms with Gasteiger partial charge in [-0.2, -0.15) is 0 Å². The average molecular weight is 239 g/mol. The Morgan fingerprint density at radius 2 is 1.53 bits per heavy atom. The van der Waals surface area contributed by atoms with Crippen molar-refractivity contribution in [1.29, 1.82) is 0 Å². The van der Waals surface area contributed by atoms with E-state index < -0.39 is 0 Å². The lowest BCUT2D eigenvalue weighted by Gasteiger charge is -2.29. The molecular formula is C15H29NO. The zero-order valence-corrected chi connectivity index (χ0v) is 11.6. The molecule has 0 aromatic rings. The van der Waals surface area contributed by atoms with Crippen LogP contribution in [0.5, 0.6) is 0 Å². The van der Waals surface area contributed by atoms with Crippen LogP contribution >= 0.6 is 0 Å². The van der Waals surface area contributed by atoms with Crippen LogP contribution < -0.4 is 5.32 Å². The first-order valence-corrected chi connectivity index (χ1v) is 7.61. The van der Waals surface area contributed by atoms with Gasteiger partial charge in [-0.3, -0.25) is 0 Å². The first-order valence-electron chi connectivity index (χ1n) is 7.61. The van der Waals surface area contributed by atoms with E-state index in [-0.39, 0.29) is 0 Å². The van der Waals surface area contributed by atoms with E-state index in [2.05, 4.69) is 19.2 Å². The molecule has 0 amide bonds. The summed E-state index contributed by atoms with van der Waals surface area (Å²) in [6.45, 7) is 6.66. The lowest BCUT2D eigenvalue weighted by molar-refractivity contribution is 0.174. The van der Waals surface area contributed by atoms with Crippen LogP contribution in [-0.4, -0.2) is 25.3 Å². The zero-order valence-electron chi connectivity index (χ0n) is 11.6. The molecule has 2 fully saturated rings.